The molecule has 1 fully saturated rings. The minimum absolute atomic E-state index is 0.0652. The van der Waals surface area contributed by atoms with Gasteiger partial charge in [0.1, 0.15) is 0 Å². The van der Waals surface area contributed by atoms with Gasteiger partial charge < -0.3 is 15.1 Å². The number of urea groups is 1. The Morgan fingerprint density at radius 2 is 1.95 bits per heavy atom. The van der Waals surface area contributed by atoms with Gasteiger partial charge in [-0.1, -0.05) is 6.07 Å². The molecular formula is C13H18N4O2. The maximum atomic E-state index is 11.9. The van der Waals surface area contributed by atoms with Crippen LogP contribution in [0.3, 0.4) is 0 Å². The molecule has 6 nitrogen and oxygen atoms in total. The summed E-state index contributed by atoms with van der Waals surface area (Å²) in [5, 5.41) is 2.86. The zero-order chi connectivity index (χ0) is 13.7. The molecular weight excluding hydrogens is 244 g/mol. The molecule has 1 aromatic heterocycles. The summed E-state index contributed by atoms with van der Waals surface area (Å²) in [4.78, 5) is 30.6. The van der Waals surface area contributed by atoms with E-state index in [9.17, 15) is 9.59 Å². The summed E-state index contributed by atoms with van der Waals surface area (Å²) in [6, 6.07) is 3.67. The fraction of sp³-hybridized carbons (Fsp3) is 0.462. The van der Waals surface area contributed by atoms with Gasteiger partial charge in [0.25, 0.3) is 0 Å². The molecule has 0 spiro atoms. The number of pyridine rings is 1. The summed E-state index contributed by atoms with van der Waals surface area (Å²) in [5.74, 6) is 0.0652. The highest BCUT2D eigenvalue weighted by Crippen LogP contribution is 2.03. The van der Waals surface area contributed by atoms with Gasteiger partial charge in [0.15, 0.2) is 0 Å². The quantitative estimate of drug-likeness (QED) is 0.842. The van der Waals surface area contributed by atoms with Gasteiger partial charge in [-0.2, -0.15) is 0 Å². The maximum Gasteiger partial charge on any atom is 0.317 e. The van der Waals surface area contributed by atoms with Crippen LogP contribution in [0.1, 0.15) is 12.5 Å². The van der Waals surface area contributed by atoms with Crippen molar-refractivity contribution in [2.75, 3.05) is 26.2 Å². The second-order valence-electron chi connectivity index (χ2n) is 4.51. The number of nitrogens with one attached hydrogen (secondary N) is 1. The summed E-state index contributed by atoms with van der Waals surface area (Å²) < 4.78 is 0. The summed E-state index contributed by atoms with van der Waals surface area (Å²) in [6.45, 7) is 4.40. The predicted octanol–water partition coefficient (Wildman–Crippen LogP) is 0.455. The van der Waals surface area contributed by atoms with E-state index in [1.807, 2.05) is 12.1 Å². The SMILES string of the molecule is CC(=O)N1CCN(C(=O)NCc2cccnc2)CC1. The lowest BCUT2D eigenvalue weighted by atomic mass is 10.3. The molecule has 19 heavy (non-hydrogen) atoms. The van der Waals surface area contributed by atoms with Gasteiger partial charge in [0.05, 0.1) is 0 Å². The highest BCUT2D eigenvalue weighted by Gasteiger charge is 2.21. The topological polar surface area (TPSA) is 65.5 Å². The van der Waals surface area contributed by atoms with Crippen LogP contribution in [0, 0.1) is 0 Å². The zero-order valence-corrected chi connectivity index (χ0v) is 11.0. The molecule has 0 aromatic carbocycles. The molecule has 1 aliphatic heterocycles. The molecule has 0 saturated carbocycles. The number of rotatable bonds is 2. The van der Waals surface area contributed by atoms with Gasteiger partial charge in [-0.15, -0.1) is 0 Å². The molecule has 1 N–H and O–H groups in total. The number of nitrogens with zero attached hydrogens (tertiary/aromatic N) is 3. The Labute approximate surface area is 112 Å². The Morgan fingerprint density at radius 3 is 2.53 bits per heavy atom. The molecule has 1 aromatic rings. The average molecular weight is 262 g/mol. The van der Waals surface area contributed by atoms with E-state index in [1.165, 1.54) is 0 Å². The van der Waals surface area contributed by atoms with Crippen molar-refractivity contribution in [1.82, 2.24) is 20.1 Å². The van der Waals surface area contributed by atoms with E-state index in [1.54, 1.807) is 29.1 Å². The molecule has 102 valence electrons. The Kier molecular flexibility index (Phi) is 4.33. The molecule has 0 radical (unpaired) electrons. The molecule has 3 amide bonds. The van der Waals surface area contributed by atoms with E-state index in [4.69, 9.17) is 0 Å². The van der Waals surface area contributed by atoms with Gasteiger partial charge in [-0.3, -0.25) is 9.78 Å². The second kappa shape index (κ2) is 6.17. The van der Waals surface area contributed by atoms with Gasteiger partial charge in [-0.05, 0) is 11.6 Å². The number of amides is 3. The Bertz CT molecular complexity index is 441. The van der Waals surface area contributed by atoms with Crippen LogP contribution in [0.25, 0.3) is 0 Å². The highest BCUT2D eigenvalue weighted by molar-refractivity contribution is 5.76. The highest BCUT2D eigenvalue weighted by atomic mass is 16.2. The number of hydrogen-bond acceptors (Lipinski definition) is 3. The van der Waals surface area contributed by atoms with Crippen molar-refractivity contribution in [1.29, 1.82) is 0 Å². The number of hydrogen-bond donors (Lipinski definition) is 1. The van der Waals surface area contributed by atoms with E-state index in [2.05, 4.69) is 10.3 Å². The third-order valence-electron chi connectivity index (χ3n) is 3.18. The monoisotopic (exact) mass is 262 g/mol. The van der Waals surface area contributed by atoms with Crippen LogP contribution in [-0.2, 0) is 11.3 Å². The van der Waals surface area contributed by atoms with Crippen molar-refractivity contribution in [2.45, 2.75) is 13.5 Å². The summed E-state index contributed by atoms with van der Waals surface area (Å²) >= 11 is 0. The normalized spacial score (nSPS) is 15.2. The first kappa shape index (κ1) is 13.3. The van der Waals surface area contributed by atoms with Crippen LogP contribution in [0.4, 0.5) is 4.79 Å². The molecule has 2 heterocycles. The van der Waals surface area contributed by atoms with Crippen molar-refractivity contribution in [3.05, 3.63) is 30.1 Å². The van der Waals surface area contributed by atoms with Crippen LogP contribution < -0.4 is 5.32 Å². The Hall–Kier alpha value is -2.11. The van der Waals surface area contributed by atoms with E-state index >= 15 is 0 Å². The number of aromatic nitrogens is 1. The van der Waals surface area contributed by atoms with Gasteiger partial charge in [-0.25, -0.2) is 4.79 Å². The van der Waals surface area contributed by atoms with E-state index in [0.717, 1.165) is 5.56 Å². The van der Waals surface area contributed by atoms with E-state index in [-0.39, 0.29) is 11.9 Å². The zero-order valence-electron chi connectivity index (χ0n) is 11.0. The first-order valence-electron chi connectivity index (χ1n) is 6.34. The van der Waals surface area contributed by atoms with Crippen molar-refractivity contribution < 1.29 is 9.59 Å². The molecule has 0 atom stereocenters. The molecule has 6 heteroatoms. The summed E-state index contributed by atoms with van der Waals surface area (Å²) in [7, 11) is 0. The number of carbonyl (C=O) groups is 2. The Balaban J connectivity index is 1.77. The lowest BCUT2D eigenvalue weighted by molar-refractivity contribution is -0.130. The molecule has 2 rings (SSSR count). The molecule has 0 unspecified atom stereocenters. The van der Waals surface area contributed by atoms with Crippen molar-refractivity contribution in [3.63, 3.8) is 0 Å². The van der Waals surface area contributed by atoms with Crippen LogP contribution in [0.5, 0.6) is 0 Å². The first-order chi connectivity index (χ1) is 9.16. The second-order valence-corrected chi connectivity index (χ2v) is 4.51. The van der Waals surface area contributed by atoms with E-state index < -0.39 is 0 Å². The maximum absolute atomic E-state index is 11.9. The van der Waals surface area contributed by atoms with E-state index in [0.29, 0.717) is 32.7 Å². The van der Waals surface area contributed by atoms with Crippen LogP contribution in [0.15, 0.2) is 24.5 Å². The predicted molar refractivity (Wildman–Crippen MR) is 70.3 cm³/mol. The fourth-order valence-electron chi connectivity index (χ4n) is 2.02. The van der Waals surface area contributed by atoms with Crippen LogP contribution in [-0.4, -0.2) is 52.9 Å². The van der Waals surface area contributed by atoms with Crippen molar-refractivity contribution in [2.24, 2.45) is 0 Å². The molecule has 0 aliphatic carbocycles. The van der Waals surface area contributed by atoms with Crippen molar-refractivity contribution in [3.8, 4) is 0 Å². The Morgan fingerprint density at radius 1 is 1.26 bits per heavy atom. The summed E-state index contributed by atoms with van der Waals surface area (Å²) in [5.41, 5.74) is 0.971. The smallest absolute Gasteiger partial charge is 0.317 e. The average Bonchev–Trinajstić information content (AvgIpc) is 2.46. The van der Waals surface area contributed by atoms with Gasteiger partial charge >= 0.3 is 6.03 Å². The first-order valence-corrected chi connectivity index (χ1v) is 6.34. The molecule has 1 aliphatic rings. The third kappa shape index (κ3) is 3.67. The minimum Gasteiger partial charge on any atom is -0.339 e. The lowest BCUT2D eigenvalue weighted by Gasteiger charge is -2.34. The standard InChI is InChI=1S/C13H18N4O2/c1-11(18)16-5-7-17(8-6-16)13(19)15-10-12-3-2-4-14-9-12/h2-4,9H,5-8,10H2,1H3,(H,15,19). The molecule has 1 saturated heterocycles. The van der Waals surface area contributed by atoms with Crippen LogP contribution in [0.2, 0.25) is 0 Å². The number of carbonyl (C=O) groups excluding carboxylic acids is 2. The minimum atomic E-state index is -0.0907. The summed E-state index contributed by atoms with van der Waals surface area (Å²) in [6.07, 6.45) is 3.43. The largest absolute Gasteiger partial charge is 0.339 e. The third-order valence-corrected chi connectivity index (χ3v) is 3.18. The van der Waals surface area contributed by atoms with Gasteiger partial charge in [0.2, 0.25) is 5.91 Å². The van der Waals surface area contributed by atoms with Crippen LogP contribution >= 0.6 is 0 Å². The lowest BCUT2D eigenvalue weighted by Crippen LogP contribution is -2.52. The fourth-order valence-corrected chi connectivity index (χ4v) is 2.02. The molecule has 0 bridgehead atoms. The van der Waals surface area contributed by atoms with Crippen molar-refractivity contribution >= 4 is 11.9 Å². The number of piperazine rings is 1. The van der Waals surface area contributed by atoms with Gasteiger partial charge in [0, 0.05) is 52.0 Å².